The molecule has 0 aromatic carbocycles. The van der Waals surface area contributed by atoms with Gasteiger partial charge in [-0.15, -0.1) is 16.8 Å². The summed E-state index contributed by atoms with van der Waals surface area (Å²) < 4.78 is 0. The third kappa shape index (κ3) is 2.77. The Bertz CT molecular complexity index is 365. The molecular weight excluding hydrogens is 210 g/mol. The van der Waals surface area contributed by atoms with Gasteiger partial charge in [-0.05, 0) is 17.6 Å². The fraction of sp³-hybridized carbons (Fsp3) is 0.333. The number of rotatable bonds is 5. The summed E-state index contributed by atoms with van der Waals surface area (Å²) in [5.41, 5.74) is 3.17. The van der Waals surface area contributed by atoms with Crippen LogP contribution in [0.25, 0.3) is 0 Å². The van der Waals surface area contributed by atoms with E-state index in [1.165, 1.54) is 0 Å². The van der Waals surface area contributed by atoms with Crippen molar-refractivity contribution in [2.24, 2.45) is 11.8 Å². The summed E-state index contributed by atoms with van der Waals surface area (Å²) in [6.45, 7) is 5.69. The minimum Gasteiger partial charge on any atom is -0.306 e. The van der Waals surface area contributed by atoms with Gasteiger partial charge in [0.05, 0.1) is 11.8 Å². The van der Waals surface area contributed by atoms with Gasteiger partial charge in [-0.2, -0.15) is 0 Å². The van der Waals surface area contributed by atoms with Crippen LogP contribution in [-0.2, 0) is 0 Å². The predicted octanol–water partition coefficient (Wildman–Crippen LogP) is 1.09. The van der Waals surface area contributed by atoms with Crippen LogP contribution in [-0.4, -0.2) is 20.3 Å². The molecule has 1 unspecified atom stereocenters. The van der Waals surface area contributed by atoms with Crippen molar-refractivity contribution in [1.29, 1.82) is 0 Å². The molecule has 1 rings (SSSR count). The molecule has 5 nitrogen and oxygen atoms in total. The first-order valence-corrected chi connectivity index (χ1v) is 4.91. The van der Waals surface area contributed by atoms with Crippen LogP contribution in [0.15, 0.2) is 18.9 Å². The maximum atomic E-state index is 5.31. The van der Waals surface area contributed by atoms with Crippen molar-refractivity contribution in [3.63, 3.8) is 0 Å². The molecule has 0 aliphatic heterocycles. The number of nitrogen functional groups attached to an aromatic ring is 1. The van der Waals surface area contributed by atoms with Gasteiger partial charge in [-0.1, -0.05) is 25.2 Å². The third-order valence-electron chi connectivity index (χ3n) is 2.01. The van der Waals surface area contributed by atoms with E-state index in [-0.39, 0.29) is 5.92 Å². The number of hydrogen-bond donors (Lipinski definition) is 2. The predicted molar refractivity (Wildman–Crippen MR) is 63.3 cm³/mol. The zero-order valence-electron chi connectivity index (χ0n) is 8.47. The quantitative estimate of drug-likeness (QED) is 0.256. The van der Waals surface area contributed by atoms with E-state index in [0.717, 1.165) is 16.8 Å². The van der Waals surface area contributed by atoms with Gasteiger partial charge in [0, 0.05) is 4.86 Å². The Morgan fingerprint density at radius 2 is 2.53 bits per heavy atom. The maximum Gasteiger partial charge on any atom is 0.174 e. The van der Waals surface area contributed by atoms with Gasteiger partial charge < -0.3 is 5.43 Å². The van der Waals surface area contributed by atoms with Crippen LogP contribution in [0, 0.1) is 5.92 Å². The van der Waals surface area contributed by atoms with Gasteiger partial charge >= 0.3 is 0 Å². The Morgan fingerprint density at radius 1 is 1.80 bits per heavy atom. The number of hydrogen-bond acceptors (Lipinski definition) is 6. The average molecular weight is 223 g/mol. The van der Waals surface area contributed by atoms with Gasteiger partial charge in [-0.3, -0.25) is 0 Å². The first kappa shape index (κ1) is 11.7. The van der Waals surface area contributed by atoms with Crippen molar-refractivity contribution in [3.05, 3.63) is 24.4 Å². The fourth-order valence-electron chi connectivity index (χ4n) is 1.18. The van der Waals surface area contributed by atoms with Crippen molar-refractivity contribution in [2.75, 3.05) is 5.43 Å². The Morgan fingerprint density at radius 3 is 3.13 bits per heavy atom. The first-order chi connectivity index (χ1) is 7.20. The largest absolute Gasteiger partial charge is 0.306 e. The number of nitrogens with zero attached hydrogens (tertiary/aromatic N) is 3. The summed E-state index contributed by atoms with van der Waals surface area (Å²) in [7, 11) is 0. The van der Waals surface area contributed by atoms with E-state index in [2.05, 4.69) is 27.4 Å². The number of hydrazine groups is 1. The Balaban J connectivity index is 2.94. The normalized spacial score (nSPS) is 11.9. The molecule has 0 fully saturated rings. The molecule has 0 bridgehead atoms. The van der Waals surface area contributed by atoms with E-state index < -0.39 is 0 Å². The average Bonchev–Trinajstić information content (AvgIpc) is 2.28. The topological polar surface area (TPSA) is 76.7 Å². The molecule has 6 heteroatoms. The van der Waals surface area contributed by atoms with E-state index >= 15 is 0 Å². The minimum atomic E-state index is 0.204. The van der Waals surface area contributed by atoms with E-state index in [1.807, 2.05) is 13.0 Å². The molecule has 3 N–H and O–H groups in total. The third-order valence-corrected chi connectivity index (χ3v) is 2.63. The van der Waals surface area contributed by atoms with Crippen LogP contribution in [0.4, 0.5) is 5.82 Å². The van der Waals surface area contributed by atoms with Gasteiger partial charge in [0.25, 0.3) is 0 Å². The lowest BCUT2D eigenvalue weighted by atomic mass is 9.99. The molecule has 1 heterocycles. The standard InChI is InChI=1S/C9H13N5S/c1-3-4-6(2)8(15)7-5-11-14-13-9(7)12-10/h3,5-6H,1,4,10H2,2H3,(H,11,12,13). The Kier molecular flexibility index (Phi) is 4.26. The highest BCUT2D eigenvalue weighted by Gasteiger charge is 2.14. The van der Waals surface area contributed by atoms with E-state index in [9.17, 15) is 0 Å². The molecule has 0 radical (unpaired) electrons. The van der Waals surface area contributed by atoms with E-state index in [4.69, 9.17) is 18.1 Å². The molecule has 15 heavy (non-hydrogen) atoms. The van der Waals surface area contributed by atoms with Crippen LogP contribution >= 0.6 is 12.2 Å². The summed E-state index contributed by atoms with van der Waals surface area (Å²) in [6, 6.07) is 0. The monoisotopic (exact) mass is 223 g/mol. The van der Waals surface area contributed by atoms with Crippen LogP contribution in [0.1, 0.15) is 18.9 Å². The van der Waals surface area contributed by atoms with E-state index in [0.29, 0.717) is 5.82 Å². The van der Waals surface area contributed by atoms with Gasteiger partial charge in [0.1, 0.15) is 0 Å². The van der Waals surface area contributed by atoms with Crippen LogP contribution in [0.3, 0.4) is 0 Å². The number of aromatic nitrogens is 3. The van der Waals surface area contributed by atoms with Crippen LogP contribution in [0.2, 0.25) is 0 Å². The van der Waals surface area contributed by atoms with Crippen molar-refractivity contribution >= 4 is 22.9 Å². The molecule has 0 spiro atoms. The zero-order chi connectivity index (χ0) is 11.3. The molecule has 1 aromatic rings. The SMILES string of the molecule is C=CCC(C)C(=S)c1cnnnc1NN. The maximum absolute atomic E-state index is 5.31. The summed E-state index contributed by atoms with van der Waals surface area (Å²) >= 11 is 5.31. The number of anilines is 1. The molecule has 0 saturated carbocycles. The second-order valence-corrected chi connectivity index (χ2v) is 3.57. The van der Waals surface area contributed by atoms with E-state index in [1.54, 1.807) is 6.20 Å². The number of nitrogens with two attached hydrogens (primary N) is 1. The molecule has 0 saturated heterocycles. The van der Waals surface area contributed by atoms with Crippen molar-refractivity contribution in [1.82, 2.24) is 15.4 Å². The molecule has 0 aliphatic rings. The molecule has 1 aromatic heterocycles. The Labute approximate surface area is 93.7 Å². The van der Waals surface area contributed by atoms with Gasteiger partial charge in [0.2, 0.25) is 0 Å². The van der Waals surface area contributed by atoms with Crippen molar-refractivity contribution < 1.29 is 0 Å². The Hall–Kier alpha value is -1.40. The highest BCUT2D eigenvalue weighted by molar-refractivity contribution is 7.80. The lowest BCUT2D eigenvalue weighted by molar-refractivity contribution is 0.798. The smallest absolute Gasteiger partial charge is 0.174 e. The minimum absolute atomic E-state index is 0.204. The van der Waals surface area contributed by atoms with Crippen molar-refractivity contribution in [3.8, 4) is 0 Å². The molecular formula is C9H13N5S. The number of thiocarbonyl (C=S) groups is 1. The highest BCUT2D eigenvalue weighted by Crippen LogP contribution is 2.17. The summed E-state index contributed by atoms with van der Waals surface area (Å²) in [5, 5.41) is 10.9. The van der Waals surface area contributed by atoms with Crippen LogP contribution in [0.5, 0.6) is 0 Å². The molecule has 0 aliphatic carbocycles. The summed E-state index contributed by atoms with van der Waals surface area (Å²) in [5.74, 6) is 5.96. The van der Waals surface area contributed by atoms with Crippen molar-refractivity contribution in [2.45, 2.75) is 13.3 Å². The lowest BCUT2D eigenvalue weighted by Crippen LogP contribution is -2.18. The summed E-state index contributed by atoms with van der Waals surface area (Å²) in [6.07, 6.45) is 4.20. The van der Waals surface area contributed by atoms with Gasteiger partial charge in [0.15, 0.2) is 5.82 Å². The molecule has 80 valence electrons. The second kappa shape index (κ2) is 5.47. The summed E-state index contributed by atoms with van der Waals surface area (Å²) in [4.78, 5) is 0.755. The second-order valence-electron chi connectivity index (χ2n) is 3.13. The molecule has 1 atom stereocenters. The number of allylic oxidation sites excluding steroid dienone is 1. The zero-order valence-corrected chi connectivity index (χ0v) is 9.29. The highest BCUT2D eigenvalue weighted by atomic mass is 32.1. The number of nitrogens with one attached hydrogen (secondary N) is 1. The lowest BCUT2D eigenvalue weighted by Gasteiger charge is -2.12. The first-order valence-electron chi connectivity index (χ1n) is 4.50. The molecule has 0 amide bonds. The van der Waals surface area contributed by atoms with Crippen LogP contribution < -0.4 is 11.3 Å². The van der Waals surface area contributed by atoms with Gasteiger partial charge in [-0.25, -0.2) is 5.84 Å². The fourth-order valence-corrected chi connectivity index (χ4v) is 1.42.